The first kappa shape index (κ1) is 39.3. The molecule has 4 aliphatic carbocycles. The van der Waals surface area contributed by atoms with E-state index in [1.165, 1.54) is 0 Å². The average molecular weight is 687 g/mol. The van der Waals surface area contributed by atoms with Crippen LogP contribution in [-0.2, 0) is 24.1 Å². The van der Waals surface area contributed by atoms with Crippen molar-refractivity contribution in [3.8, 4) is 0 Å². The predicted octanol–water partition coefficient (Wildman–Crippen LogP) is -1.55. The Bertz CT molecular complexity index is 1160. The van der Waals surface area contributed by atoms with Crippen LogP contribution in [0.4, 0.5) is 0 Å². The second kappa shape index (κ2) is 14.3. The predicted molar refractivity (Wildman–Crippen MR) is 160 cm³/mol. The Morgan fingerprint density at radius 3 is 2.20 bits per heavy atom. The third-order valence-electron chi connectivity index (χ3n) is 13.1. The van der Waals surface area contributed by atoms with Gasteiger partial charge in [0.25, 0.3) is 0 Å². The van der Waals surface area contributed by atoms with E-state index in [4.69, 9.17) is 13.7 Å². The molecule has 16 atom stereocenters. The van der Waals surface area contributed by atoms with Gasteiger partial charge in [0.15, 0.2) is 6.29 Å². The maximum atomic E-state index is 12.6. The van der Waals surface area contributed by atoms with Gasteiger partial charge in [-0.05, 0) is 91.8 Å². The Balaban J connectivity index is 0.00000480. The zero-order chi connectivity index (χ0) is 33.3. The fraction of sp³-hybridized carbons (Fsp3) is 1.00. The Morgan fingerprint density at radius 2 is 1.57 bits per heavy atom. The van der Waals surface area contributed by atoms with Crippen LogP contribution in [0.2, 0.25) is 0 Å². The number of aliphatic hydroxyl groups is 6. The molecule has 14 heteroatoms. The van der Waals surface area contributed by atoms with Gasteiger partial charge in [0.2, 0.25) is 10.4 Å². The molecule has 0 aromatic heterocycles. The first-order valence-corrected chi connectivity index (χ1v) is 18.2. The molecule has 7 unspecified atom stereocenters. The summed E-state index contributed by atoms with van der Waals surface area (Å²) >= 11 is 0. The van der Waals surface area contributed by atoms with Crippen LogP contribution in [0, 0.1) is 46.3 Å². The number of rotatable bonds is 9. The van der Waals surface area contributed by atoms with Gasteiger partial charge in [-0.1, -0.05) is 34.6 Å². The van der Waals surface area contributed by atoms with E-state index < -0.39 is 70.2 Å². The second-order valence-electron chi connectivity index (χ2n) is 16.0. The molecule has 5 aliphatic rings. The third-order valence-corrected chi connectivity index (χ3v) is 13.6. The fourth-order valence-electron chi connectivity index (χ4n) is 10.9. The third kappa shape index (κ3) is 7.17. The minimum atomic E-state index is -4.86. The van der Waals surface area contributed by atoms with Gasteiger partial charge in [0.1, 0.15) is 18.3 Å². The number of fused-ring (bicyclic) bond motifs is 5. The SMILES string of the molecule is CC(C)[C@H](CC[C@@H](C)[C@H]1C[C@H](O)C2[C@]3(O)C[C@@H](O)C4C[C@@H](OS(=O)(=O)[O-])CC[C@]4(C)C3CC[C@@]21C)OC1OCC(O)C(O)C1O.[Na+]. The van der Waals surface area contributed by atoms with Crippen molar-refractivity contribution in [2.24, 2.45) is 46.3 Å². The molecule has 12 nitrogen and oxygen atoms in total. The summed E-state index contributed by atoms with van der Waals surface area (Å²) in [6.07, 6.45) is -3.00. The minimum absolute atomic E-state index is 0. The van der Waals surface area contributed by atoms with E-state index in [0.29, 0.717) is 32.1 Å². The van der Waals surface area contributed by atoms with Crippen molar-refractivity contribution in [1.82, 2.24) is 0 Å². The summed E-state index contributed by atoms with van der Waals surface area (Å²) in [6.45, 7) is 10.3. The zero-order valence-electron chi connectivity index (χ0n) is 28.2. The van der Waals surface area contributed by atoms with Crippen LogP contribution >= 0.6 is 0 Å². The number of aliphatic hydroxyl groups excluding tert-OH is 5. The summed E-state index contributed by atoms with van der Waals surface area (Å²) < 4.78 is 50.2. The monoisotopic (exact) mass is 686 g/mol. The van der Waals surface area contributed by atoms with E-state index in [1.807, 2.05) is 13.8 Å². The van der Waals surface area contributed by atoms with E-state index in [0.717, 1.165) is 12.8 Å². The maximum Gasteiger partial charge on any atom is 1.00 e. The van der Waals surface area contributed by atoms with E-state index in [2.05, 4.69) is 20.8 Å². The molecule has 0 aromatic carbocycles. The van der Waals surface area contributed by atoms with Crippen molar-refractivity contribution < 1.29 is 86.8 Å². The van der Waals surface area contributed by atoms with Crippen molar-refractivity contribution in [2.75, 3.05) is 6.61 Å². The van der Waals surface area contributed by atoms with E-state index >= 15 is 0 Å². The summed E-state index contributed by atoms with van der Waals surface area (Å²) in [6, 6.07) is 0. The van der Waals surface area contributed by atoms with Crippen LogP contribution in [0.5, 0.6) is 0 Å². The van der Waals surface area contributed by atoms with E-state index in [9.17, 15) is 43.6 Å². The van der Waals surface area contributed by atoms with Crippen molar-refractivity contribution >= 4 is 10.4 Å². The van der Waals surface area contributed by atoms with Crippen molar-refractivity contribution in [3.63, 3.8) is 0 Å². The molecule has 0 amide bonds. The first-order valence-electron chi connectivity index (χ1n) is 16.9. The molecule has 5 rings (SSSR count). The van der Waals surface area contributed by atoms with Gasteiger partial charge < -0.3 is 44.7 Å². The summed E-state index contributed by atoms with van der Waals surface area (Å²) in [5.41, 5.74) is -2.17. The first-order chi connectivity index (χ1) is 20.8. The van der Waals surface area contributed by atoms with Gasteiger partial charge >= 0.3 is 29.6 Å². The smallest absolute Gasteiger partial charge is 0.726 e. The van der Waals surface area contributed by atoms with Crippen LogP contribution in [0.25, 0.3) is 0 Å². The van der Waals surface area contributed by atoms with Crippen molar-refractivity contribution in [1.29, 1.82) is 0 Å². The molecule has 1 saturated heterocycles. The largest absolute Gasteiger partial charge is 1.00 e. The Morgan fingerprint density at radius 1 is 0.913 bits per heavy atom. The van der Waals surface area contributed by atoms with Gasteiger partial charge in [0.05, 0.1) is 36.6 Å². The van der Waals surface area contributed by atoms with Gasteiger partial charge in [-0.3, -0.25) is 4.18 Å². The minimum Gasteiger partial charge on any atom is -0.726 e. The molecule has 0 radical (unpaired) electrons. The molecular weight excluding hydrogens is 631 g/mol. The second-order valence-corrected chi connectivity index (χ2v) is 17.0. The molecule has 4 saturated carbocycles. The Labute approximate surface area is 295 Å². The molecule has 0 aromatic rings. The van der Waals surface area contributed by atoms with Gasteiger partial charge in [-0.25, -0.2) is 8.42 Å². The van der Waals surface area contributed by atoms with Gasteiger partial charge in [-0.2, -0.15) is 0 Å². The molecule has 0 spiro atoms. The van der Waals surface area contributed by atoms with Crippen LogP contribution in [0.1, 0.15) is 92.4 Å². The van der Waals surface area contributed by atoms with Crippen LogP contribution in [0.15, 0.2) is 0 Å². The number of hydrogen-bond acceptors (Lipinski definition) is 12. The number of hydrogen-bond donors (Lipinski definition) is 6. The van der Waals surface area contributed by atoms with E-state index in [1.54, 1.807) is 0 Å². The zero-order valence-corrected chi connectivity index (χ0v) is 31.0. The van der Waals surface area contributed by atoms with Crippen LogP contribution in [0.3, 0.4) is 0 Å². The topological polar surface area (TPSA) is 206 Å². The number of ether oxygens (including phenoxy) is 2. The standard InChI is InChI=1S/C32H56O12S.Na/c1-16(2)24(43-29-27(37)26(36)23(35)15-42-29)7-6-17(3)19-13-21(33)28-31(19,5)11-9-25-30(4)10-8-18(44-45(39,40)41)12-20(30)22(34)14-32(25,28)38;/h16-29,33-38H,6-15H2,1-5H3,(H,39,40,41);/q;+1/p-1/t17-,18+,19-,20?,21+,22-,23?,24+,25?,26?,27?,28?,29?,30+,31-,32+;/m1./s1. The van der Waals surface area contributed by atoms with Crippen molar-refractivity contribution in [2.45, 2.75) is 147 Å². The molecule has 6 N–H and O–H groups in total. The van der Waals surface area contributed by atoms with Gasteiger partial charge in [0, 0.05) is 12.3 Å². The van der Waals surface area contributed by atoms with E-state index in [-0.39, 0.29) is 90.1 Å². The summed E-state index contributed by atoms with van der Waals surface area (Å²) in [5.74, 6) is -0.585. The molecular formula is C32H55NaO12S. The summed E-state index contributed by atoms with van der Waals surface area (Å²) in [5, 5.41) is 65.9. The fourth-order valence-corrected chi connectivity index (χ4v) is 11.4. The molecule has 1 aliphatic heterocycles. The van der Waals surface area contributed by atoms with Gasteiger partial charge in [-0.15, -0.1) is 0 Å². The normalized spacial score (nSPS) is 48.9. The van der Waals surface area contributed by atoms with Crippen LogP contribution < -0.4 is 29.6 Å². The quantitative estimate of drug-likeness (QED) is 0.0927. The van der Waals surface area contributed by atoms with Crippen LogP contribution in [-0.4, -0.2) is 105 Å². The Hall–Kier alpha value is 0.550. The molecule has 262 valence electrons. The summed E-state index contributed by atoms with van der Waals surface area (Å²) in [7, 11) is -4.86. The molecule has 5 fully saturated rings. The Kier molecular flexibility index (Phi) is 12.2. The maximum absolute atomic E-state index is 12.6. The van der Waals surface area contributed by atoms with Crippen molar-refractivity contribution in [3.05, 3.63) is 0 Å². The molecule has 1 heterocycles. The molecule has 0 bridgehead atoms. The summed E-state index contributed by atoms with van der Waals surface area (Å²) in [4.78, 5) is 0. The average Bonchev–Trinajstić information content (AvgIpc) is 3.21. The molecule has 46 heavy (non-hydrogen) atoms.